The van der Waals surface area contributed by atoms with Gasteiger partial charge in [0.15, 0.2) is 10.6 Å². The van der Waals surface area contributed by atoms with Gasteiger partial charge in [0.1, 0.15) is 12.1 Å². The third-order valence-corrected chi connectivity index (χ3v) is 8.44. The van der Waals surface area contributed by atoms with Gasteiger partial charge in [0, 0.05) is 23.1 Å². The zero-order chi connectivity index (χ0) is 32.4. The lowest BCUT2D eigenvalue weighted by Gasteiger charge is -2.24. The molecular weight excluding hydrogens is 599 g/mol. The summed E-state index contributed by atoms with van der Waals surface area (Å²) in [5.41, 5.74) is 6.73. The molecule has 7 nitrogen and oxygen atoms in total. The Bertz CT molecular complexity index is 1850. The summed E-state index contributed by atoms with van der Waals surface area (Å²) in [4.78, 5) is 22.6. The molecule has 0 spiro atoms. The van der Waals surface area contributed by atoms with Crippen molar-refractivity contribution >= 4 is 17.2 Å². The van der Waals surface area contributed by atoms with E-state index in [1.165, 1.54) is 46.6 Å². The van der Waals surface area contributed by atoms with Gasteiger partial charge in [-0.05, 0) is 80.0 Å². The molecule has 0 aliphatic heterocycles. The van der Waals surface area contributed by atoms with Gasteiger partial charge in [0.05, 0.1) is 11.4 Å². The smallest absolute Gasteiger partial charge is 0.406 e. The minimum absolute atomic E-state index is 0.135. The summed E-state index contributed by atoms with van der Waals surface area (Å²) >= 11 is 1.48. The second-order valence-electron chi connectivity index (χ2n) is 11.8. The first-order chi connectivity index (χ1) is 21.3. The van der Waals surface area contributed by atoms with Crippen LogP contribution in [0.3, 0.4) is 0 Å². The lowest BCUT2D eigenvalue weighted by Crippen LogP contribution is -2.20. The number of ether oxygens (including phenoxy) is 1. The van der Waals surface area contributed by atoms with Gasteiger partial charge >= 0.3 is 6.36 Å². The third kappa shape index (κ3) is 7.96. The summed E-state index contributed by atoms with van der Waals surface area (Å²) in [6.45, 7) is 10.5. The number of amides is 1. The summed E-state index contributed by atoms with van der Waals surface area (Å²) in [6.07, 6.45) is -1.43. The molecule has 2 aromatic heterocycles. The zero-order valence-electron chi connectivity index (χ0n) is 25.7. The summed E-state index contributed by atoms with van der Waals surface area (Å²) in [6, 6.07) is 19.5. The summed E-state index contributed by atoms with van der Waals surface area (Å²) in [7, 11) is 0. The number of para-hydroxylation sites is 1. The van der Waals surface area contributed by atoms with Crippen LogP contribution in [0.4, 0.5) is 13.2 Å². The summed E-state index contributed by atoms with van der Waals surface area (Å²) < 4.78 is 44.8. The maximum atomic E-state index is 13.0. The monoisotopic (exact) mass is 633 g/mol. The average molecular weight is 634 g/mol. The van der Waals surface area contributed by atoms with Crippen LogP contribution in [0, 0.1) is 26.2 Å². The van der Waals surface area contributed by atoms with Gasteiger partial charge in [-0.1, -0.05) is 56.3 Å². The van der Waals surface area contributed by atoms with Gasteiger partial charge in [-0.25, -0.2) is 9.67 Å². The van der Waals surface area contributed by atoms with Crippen molar-refractivity contribution in [2.75, 3.05) is 0 Å². The Morgan fingerprint density at radius 1 is 0.956 bits per heavy atom. The highest BCUT2D eigenvalue weighted by molar-refractivity contribution is 7.07. The van der Waals surface area contributed by atoms with Gasteiger partial charge in [-0.3, -0.25) is 9.36 Å². The second-order valence-corrected chi connectivity index (χ2v) is 12.7. The first kappa shape index (κ1) is 31.9. The molecule has 0 unspecified atom stereocenters. The Balaban J connectivity index is 1.21. The van der Waals surface area contributed by atoms with Crippen LogP contribution >= 0.6 is 11.3 Å². The van der Waals surface area contributed by atoms with Crippen molar-refractivity contribution in [3.05, 3.63) is 106 Å². The number of aryl methyl sites for hydroxylation is 3. The number of nitrogens with zero attached hydrogens (tertiary/aromatic N) is 5. The predicted molar refractivity (Wildman–Crippen MR) is 169 cm³/mol. The molecule has 2 heterocycles. The quantitative estimate of drug-likeness (QED) is 0.165. The number of thiazole rings is 1. The summed E-state index contributed by atoms with van der Waals surface area (Å²) in [5.74, 6) is 0.0535. The van der Waals surface area contributed by atoms with E-state index in [1.54, 1.807) is 0 Å². The third-order valence-electron chi connectivity index (χ3n) is 7.50. The van der Waals surface area contributed by atoms with Crippen LogP contribution in [0.2, 0.25) is 0 Å². The SMILES string of the molecule is Cc1cccc(C)c1-n1c(C)csc1=NC(=O)CCC(C)(C)Cc1ccc(-c2ncn(-c3ccc(OC(F)(F)F)cc3)n2)cc1. The van der Waals surface area contributed by atoms with Crippen LogP contribution in [-0.2, 0) is 11.2 Å². The number of hydrogen-bond acceptors (Lipinski definition) is 5. The molecule has 0 atom stereocenters. The lowest BCUT2D eigenvalue weighted by molar-refractivity contribution is -0.274. The largest absolute Gasteiger partial charge is 0.573 e. The van der Waals surface area contributed by atoms with Crippen LogP contribution < -0.4 is 9.54 Å². The van der Waals surface area contributed by atoms with Crippen molar-refractivity contribution in [2.45, 2.75) is 60.2 Å². The van der Waals surface area contributed by atoms with Gasteiger partial charge < -0.3 is 4.74 Å². The van der Waals surface area contributed by atoms with E-state index in [1.807, 2.05) is 42.6 Å². The molecule has 0 fully saturated rings. The number of hydrogen-bond donors (Lipinski definition) is 0. The van der Waals surface area contributed by atoms with E-state index >= 15 is 0 Å². The van der Waals surface area contributed by atoms with Gasteiger partial charge in [0.25, 0.3) is 0 Å². The molecule has 0 N–H and O–H groups in total. The molecular formula is C34H34F3N5O2S. The fourth-order valence-electron chi connectivity index (χ4n) is 5.24. The molecule has 45 heavy (non-hydrogen) atoms. The molecule has 0 aliphatic rings. The topological polar surface area (TPSA) is 74.3 Å². The van der Waals surface area contributed by atoms with Crippen LogP contribution in [0.5, 0.6) is 5.75 Å². The fraction of sp³-hybridized carbons (Fsp3) is 0.294. The highest BCUT2D eigenvalue weighted by Crippen LogP contribution is 2.29. The van der Waals surface area contributed by atoms with Crippen LogP contribution in [0.1, 0.15) is 49.1 Å². The second kappa shape index (κ2) is 12.8. The lowest BCUT2D eigenvalue weighted by atomic mass is 9.81. The molecule has 5 rings (SSSR count). The van der Waals surface area contributed by atoms with Crippen LogP contribution in [0.15, 0.2) is 83.4 Å². The van der Waals surface area contributed by atoms with Crippen molar-refractivity contribution in [1.82, 2.24) is 19.3 Å². The van der Waals surface area contributed by atoms with Crippen molar-refractivity contribution < 1.29 is 22.7 Å². The van der Waals surface area contributed by atoms with E-state index in [9.17, 15) is 18.0 Å². The highest BCUT2D eigenvalue weighted by atomic mass is 32.1. The van der Waals surface area contributed by atoms with Gasteiger partial charge in [0.2, 0.25) is 5.91 Å². The number of carbonyl (C=O) groups is 1. The number of alkyl halides is 3. The first-order valence-corrected chi connectivity index (χ1v) is 15.3. The Morgan fingerprint density at radius 3 is 2.27 bits per heavy atom. The Morgan fingerprint density at radius 2 is 1.62 bits per heavy atom. The maximum Gasteiger partial charge on any atom is 0.573 e. The number of carbonyl (C=O) groups excluding carboxylic acids is 1. The first-order valence-electron chi connectivity index (χ1n) is 14.5. The van der Waals surface area contributed by atoms with E-state index in [2.05, 4.69) is 64.2 Å². The molecule has 11 heteroatoms. The standard InChI is InChI=1S/C34H34F3N5O2S/c1-22-7-6-8-23(2)30(22)42-24(3)20-45-32(42)39-29(43)17-18-33(4,5)19-25-9-11-26(12-10-25)31-38-21-41(40-31)27-13-15-28(16-14-27)44-34(35,36)37/h6-16,20-21H,17-19H2,1-5H3. The average Bonchev–Trinajstić information content (AvgIpc) is 3.60. The Hall–Kier alpha value is -4.51. The normalized spacial score (nSPS) is 12.5. The number of halogens is 3. The van der Waals surface area contributed by atoms with E-state index in [0.717, 1.165) is 40.1 Å². The fourth-order valence-corrected chi connectivity index (χ4v) is 6.12. The molecule has 0 aliphatic carbocycles. The number of rotatable bonds is 9. The predicted octanol–water partition coefficient (Wildman–Crippen LogP) is 8.09. The minimum Gasteiger partial charge on any atom is -0.406 e. The van der Waals surface area contributed by atoms with Crippen molar-refractivity contribution in [3.63, 3.8) is 0 Å². The molecule has 234 valence electrons. The Kier molecular flexibility index (Phi) is 9.11. The van der Waals surface area contributed by atoms with E-state index in [0.29, 0.717) is 29.2 Å². The van der Waals surface area contributed by atoms with Crippen molar-refractivity contribution in [3.8, 4) is 28.5 Å². The molecule has 0 bridgehead atoms. The number of aromatic nitrogens is 4. The molecule has 3 aromatic carbocycles. The van der Waals surface area contributed by atoms with Crippen molar-refractivity contribution in [2.24, 2.45) is 10.4 Å². The van der Waals surface area contributed by atoms with Crippen LogP contribution in [-0.4, -0.2) is 31.6 Å². The van der Waals surface area contributed by atoms with E-state index < -0.39 is 6.36 Å². The minimum atomic E-state index is -4.74. The highest BCUT2D eigenvalue weighted by Gasteiger charge is 2.31. The number of benzene rings is 3. The molecule has 0 radical (unpaired) electrons. The molecule has 0 saturated carbocycles. The van der Waals surface area contributed by atoms with E-state index in [4.69, 9.17) is 0 Å². The van der Waals surface area contributed by atoms with Crippen molar-refractivity contribution in [1.29, 1.82) is 0 Å². The van der Waals surface area contributed by atoms with Gasteiger partial charge in [-0.2, -0.15) is 4.99 Å². The van der Waals surface area contributed by atoms with Gasteiger partial charge in [-0.15, -0.1) is 29.6 Å². The summed E-state index contributed by atoms with van der Waals surface area (Å²) in [5, 5.41) is 6.50. The maximum absolute atomic E-state index is 13.0. The molecule has 5 aromatic rings. The molecule has 0 saturated heterocycles. The Labute approximate surface area is 263 Å². The zero-order valence-corrected chi connectivity index (χ0v) is 26.5. The van der Waals surface area contributed by atoms with Crippen LogP contribution in [0.25, 0.3) is 22.8 Å². The van der Waals surface area contributed by atoms with E-state index in [-0.39, 0.29) is 17.1 Å². The molecule has 1 amide bonds.